The molecule has 1 saturated carbocycles. The van der Waals surface area contributed by atoms with Crippen molar-refractivity contribution in [2.24, 2.45) is 0 Å². The summed E-state index contributed by atoms with van der Waals surface area (Å²) >= 11 is 0. The molecule has 2 aliphatic carbocycles. The predicted molar refractivity (Wildman–Crippen MR) is 114 cm³/mol. The topological polar surface area (TPSA) is 92.7 Å². The molecule has 7 nitrogen and oxygen atoms in total. The van der Waals surface area contributed by atoms with Crippen LogP contribution in [0.2, 0.25) is 0 Å². The van der Waals surface area contributed by atoms with Crippen molar-refractivity contribution in [3.05, 3.63) is 69.3 Å². The highest BCUT2D eigenvalue weighted by molar-refractivity contribution is 5.95. The molecule has 0 radical (unpaired) electrons. The van der Waals surface area contributed by atoms with E-state index in [1.807, 2.05) is 43.3 Å². The number of aromatic nitrogens is 4. The zero-order chi connectivity index (χ0) is 20.7. The number of rotatable bonds is 6. The lowest BCUT2D eigenvalue weighted by Gasteiger charge is -2.16. The molecule has 0 saturated heterocycles. The molecule has 1 unspecified atom stereocenters. The standard InChI is InChI=1S/C23H25N5O2/c1-2-16(14-7-4-3-5-8-14)21(29)25-20-13-19(15-11-12-15)27-28(20)23-24-18-10-6-9-17(18)22(30)26-23/h3-5,7-8,13,15-16H,2,6,9-12H2,1H3,(H,25,29)(H,24,26,30). The van der Waals surface area contributed by atoms with Gasteiger partial charge in [-0.3, -0.25) is 14.6 Å². The summed E-state index contributed by atoms with van der Waals surface area (Å²) in [6, 6.07) is 11.7. The first-order valence-corrected chi connectivity index (χ1v) is 10.7. The number of amides is 1. The van der Waals surface area contributed by atoms with E-state index in [1.54, 1.807) is 4.68 Å². The predicted octanol–water partition coefficient (Wildman–Crippen LogP) is 3.45. The van der Waals surface area contributed by atoms with Crippen molar-refractivity contribution in [2.75, 3.05) is 5.32 Å². The molecule has 2 heterocycles. The highest BCUT2D eigenvalue weighted by atomic mass is 16.2. The van der Waals surface area contributed by atoms with Crippen LogP contribution in [0.1, 0.15) is 67.0 Å². The molecular weight excluding hydrogens is 378 g/mol. The number of hydrogen-bond donors (Lipinski definition) is 2. The van der Waals surface area contributed by atoms with Gasteiger partial charge in [-0.05, 0) is 44.1 Å². The van der Waals surface area contributed by atoms with Crippen molar-refractivity contribution < 1.29 is 4.79 Å². The van der Waals surface area contributed by atoms with E-state index in [0.717, 1.165) is 54.6 Å². The van der Waals surface area contributed by atoms with E-state index < -0.39 is 0 Å². The second-order valence-electron chi connectivity index (χ2n) is 8.17. The van der Waals surface area contributed by atoms with Gasteiger partial charge in [0.05, 0.1) is 17.3 Å². The number of anilines is 1. The van der Waals surface area contributed by atoms with Crippen LogP contribution in [0.15, 0.2) is 41.2 Å². The summed E-state index contributed by atoms with van der Waals surface area (Å²) in [5.41, 5.74) is 3.42. The third kappa shape index (κ3) is 3.44. The minimum Gasteiger partial charge on any atom is -0.310 e. The van der Waals surface area contributed by atoms with Crippen LogP contribution >= 0.6 is 0 Å². The molecule has 30 heavy (non-hydrogen) atoms. The normalized spacial score (nSPS) is 16.3. The summed E-state index contributed by atoms with van der Waals surface area (Å²) in [6.45, 7) is 2.00. The Morgan fingerprint density at radius 1 is 1.27 bits per heavy atom. The third-order valence-corrected chi connectivity index (χ3v) is 6.03. The summed E-state index contributed by atoms with van der Waals surface area (Å²) < 4.78 is 1.59. The van der Waals surface area contributed by atoms with E-state index in [2.05, 4.69) is 20.4 Å². The second-order valence-corrected chi connectivity index (χ2v) is 8.17. The van der Waals surface area contributed by atoms with Gasteiger partial charge in [-0.1, -0.05) is 37.3 Å². The van der Waals surface area contributed by atoms with Crippen LogP contribution in [-0.2, 0) is 17.6 Å². The van der Waals surface area contributed by atoms with Crippen molar-refractivity contribution >= 4 is 11.7 Å². The molecular formula is C23H25N5O2. The highest BCUT2D eigenvalue weighted by Gasteiger charge is 2.29. The number of fused-ring (bicyclic) bond motifs is 1. The van der Waals surface area contributed by atoms with Crippen LogP contribution in [0.4, 0.5) is 5.82 Å². The van der Waals surface area contributed by atoms with Crippen LogP contribution in [-0.4, -0.2) is 25.7 Å². The maximum atomic E-state index is 13.1. The molecule has 2 aromatic heterocycles. The molecule has 2 aliphatic rings. The van der Waals surface area contributed by atoms with Gasteiger partial charge < -0.3 is 5.32 Å². The smallest absolute Gasteiger partial charge is 0.255 e. The first kappa shape index (κ1) is 18.8. The minimum atomic E-state index is -0.258. The average molecular weight is 403 g/mol. The van der Waals surface area contributed by atoms with Crippen molar-refractivity contribution in [2.45, 2.75) is 57.3 Å². The molecule has 154 valence electrons. The maximum absolute atomic E-state index is 13.1. The molecule has 0 aliphatic heterocycles. The number of carbonyl (C=O) groups excluding carboxylic acids is 1. The van der Waals surface area contributed by atoms with Crippen molar-refractivity contribution in [1.82, 2.24) is 19.7 Å². The van der Waals surface area contributed by atoms with Crippen LogP contribution in [0.25, 0.3) is 5.95 Å². The van der Waals surface area contributed by atoms with Gasteiger partial charge in [-0.15, -0.1) is 0 Å². The molecule has 0 spiro atoms. The van der Waals surface area contributed by atoms with Crippen LogP contribution in [0, 0.1) is 0 Å². The van der Waals surface area contributed by atoms with Crippen LogP contribution in [0.5, 0.6) is 0 Å². The Balaban J connectivity index is 1.50. The van der Waals surface area contributed by atoms with Gasteiger partial charge in [-0.2, -0.15) is 9.78 Å². The molecule has 5 rings (SSSR count). The van der Waals surface area contributed by atoms with Gasteiger partial charge in [0.15, 0.2) is 0 Å². The number of H-pyrrole nitrogens is 1. The van der Waals surface area contributed by atoms with E-state index >= 15 is 0 Å². The Labute approximate surface area is 174 Å². The lowest BCUT2D eigenvalue weighted by molar-refractivity contribution is -0.117. The van der Waals surface area contributed by atoms with Gasteiger partial charge in [0.2, 0.25) is 11.9 Å². The molecule has 7 heteroatoms. The quantitative estimate of drug-likeness (QED) is 0.659. The Hall–Kier alpha value is -3.22. The van der Waals surface area contributed by atoms with Gasteiger partial charge in [-0.25, -0.2) is 4.98 Å². The van der Waals surface area contributed by atoms with Gasteiger partial charge in [0.25, 0.3) is 5.56 Å². The number of benzene rings is 1. The lowest BCUT2D eigenvalue weighted by Crippen LogP contribution is -2.24. The van der Waals surface area contributed by atoms with E-state index in [-0.39, 0.29) is 17.4 Å². The monoisotopic (exact) mass is 403 g/mol. The fourth-order valence-corrected chi connectivity index (χ4v) is 4.23. The zero-order valence-electron chi connectivity index (χ0n) is 17.0. The SMILES string of the molecule is CCC(C(=O)Nc1cc(C2CC2)nn1-c1nc2c(c(=O)[nH]1)CCC2)c1ccccc1. The summed E-state index contributed by atoms with van der Waals surface area (Å²) in [7, 11) is 0. The van der Waals surface area contributed by atoms with E-state index in [4.69, 9.17) is 0 Å². The van der Waals surface area contributed by atoms with Crippen LogP contribution in [0.3, 0.4) is 0 Å². The molecule has 1 aromatic carbocycles. The zero-order valence-corrected chi connectivity index (χ0v) is 17.0. The first-order valence-electron chi connectivity index (χ1n) is 10.7. The molecule has 3 aromatic rings. The summed E-state index contributed by atoms with van der Waals surface area (Å²) in [5, 5.41) is 7.74. The van der Waals surface area contributed by atoms with Gasteiger partial charge in [0.1, 0.15) is 5.82 Å². The molecule has 1 fully saturated rings. The van der Waals surface area contributed by atoms with E-state index in [1.165, 1.54) is 0 Å². The Morgan fingerprint density at radius 2 is 2.07 bits per heavy atom. The Kier molecular flexibility index (Phi) is 4.73. The lowest BCUT2D eigenvalue weighted by atomic mass is 9.96. The molecule has 1 atom stereocenters. The average Bonchev–Trinajstić information content (AvgIpc) is 3.33. The largest absolute Gasteiger partial charge is 0.310 e. The first-order chi connectivity index (χ1) is 14.6. The molecule has 2 N–H and O–H groups in total. The van der Waals surface area contributed by atoms with E-state index in [0.29, 0.717) is 24.1 Å². The summed E-state index contributed by atoms with van der Waals surface area (Å²) in [6.07, 6.45) is 5.40. The van der Waals surface area contributed by atoms with E-state index in [9.17, 15) is 9.59 Å². The van der Waals surface area contributed by atoms with Crippen molar-refractivity contribution in [1.29, 1.82) is 0 Å². The number of hydrogen-bond acceptors (Lipinski definition) is 4. The van der Waals surface area contributed by atoms with Gasteiger partial charge in [0, 0.05) is 17.5 Å². The minimum absolute atomic E-state index is 0.0873. The second kappa shape index (κ2) is 7.55. The summed E-state index contributed by atoms with van der Waals surface area (Å²) in [4.78, 5) is 33.2. The fourth-order valence-electron chi connectivity index (χ4n) is 4.23. The number of carbonyl (C=O) groups is 1. The fraction of sp³-hybridized carbons (Fsp3) is 0.391. The third-order valence-electron chi connectivity index (χ3n) is 6.03. The van der Waals surface area contributed by atoms with Gasteiger partial charge >= 0.3 is 0 Å². The number of aromatic amines is 1. The number of aryl methyl sites for hydroxylation is 1. The molecule has 0 bridgehead atoms. The Morgan fingerprint density at radius 3 is 2.80 bits per heavy atom. The highest BCUT2D eigenvalue weighted by Crippen LogP contribution is 2.40. The Bertz CT molecular complexity index is 1140. The summed E-state index contributed by atoms with van der Waals surface area (Å²) in [5.74, 6) is 0.994. The van der Waals surface area contributed by atoms with Crippen LogP contribution < -0.4 is 10.9 Å². The maximum Gasteiger partial charge on any atom is 0.255 e. The number of nitrogens with zero attached hydrogens (tertiary/aromatic N) is 3. The molecule has 1 amide bonds. The number of nitrogens with one attached hydrogen (secondary N) is 2. The van der Waals surface area contributed by atoms with Crippen molar-refractivity contribution in [3.63, 3.8) is 0 Å². The van der Waals surface area contributed by atoms with Crippen molar-refractivity contribution in [3.8, 4) is 5.95 Å².